The summed E-state index contributed by atoms with van der Waals surface area (Å²) in [6.07, 6.45) is 4.95. The molecule has 1 aliphatic rings. The van der Waals surface area contributed by atoms with E-state index in [0.717, 1.165) is 25.9 Å². The van der Waals surface area contributed by atoms with Crippen molar-refractivity contribution in [2.24, 2.45) is 0 Å². The third-order valence-corrected chi connectivity index (χ3v) is 6.05. The van der Waals surface area contributed by atoms with Crippen LogP contribution in [0.3, 0.4) is 0 Å². The maximum absolute atomic E-state index is 12.7. The number of hydrogen-bond acceptors (Lipinski definition) is 6. The summed E-state index contributed by atoms with van der Waals surface area (Å²) < 4.78 is 28.0. The van der Waals surface area contributed by atoms with E-state index < -0.39 is 10.0 Å². The lowest BCUT2D eigenvalue weighted by atomic mass is 10.1. The monoisotopic (exact) mass is 395 g/mol. The molecule has 1 N–H and O–H groups in total. The van der Waals surface area contributed by atoms with Crippen LogP contribution >= 0.6 is 11.6 Å². The first-order valence-electron chi connectivity index (χ1n) is 8.45. The van der Waals surface area contributed by atoms with Crippen molar-refractivity contribution in [3.63, 3.8) is 0 Å². The van der Waals surface area contributed by atoms with Crippen LogP contribution in [0.5, 0.6) is 0 Å². The summed E-state index contributed by atoms with van der Waals surface area (Å²) in [6.45, 7) is 1.83. The van der Waals surface area contributed by atoms with E-state index in [1.54, 1.807) is 23.1 Å². The predicted octanol–water partition coefficient (Wildman–Crippen LogP) is 2.99. The van der Waals surface area contributed by atoms with Crippen molar-refractivity contribution in [1.82, 2.24) is 9.97 Å². The highest BCUT2D eigenvalue weighted by Crippen LogP contribution is 2.29. The molecule has 0 bridgehead atoms. The van der Waals surface area contributed by atoms with E-state index >= 15 is 0 Å². The molecule has 0 atom stereocenters. The fraction of sp³-hybridized carbons (Fsp3) is 0.412. The van der Waals surface area contributed by atoms with Crippen molar-refractivity contribution >= 4 is 39.1 Å². The van der Waals surface area contributed by atoms with Crippen LogP contribution in [-0.2, 0) is 10.0 Å². The Kier molecular flexibility index (Phi) is 5.52. The molecule has 26 heavy (non-hydrogen) atoms. The van der Waals surface area contributed by atoms with E-state index in [4.69, 9.17) is 11.6 Å². The number of rotatable bonds is 5. The number of aromatic nitrogens is 2. The summed E-state index contributed by atoms with van der Waals surface area (Å²) in [5.41, 5.74) is 0.315. The molecule has 1 aliphatic heterocycles. The number of sulfonamides is 1. The van der Waals surface area contributed by atoms with Gasteiger partial charge in [-0.1, -0.05) is 23.7 Å². The third-order valence-electron chi connectivity index (χ3n) is 4.19. The maximum Gasteiger partial charge on any atom is 0.263 e. The first-order chi connectivity index (χ1) is 12.4. The molecule has 2 aromatic rings. The minimum atomic E-state index is -3.84. The van der Waals surface area contributed by atoms with Crippen LogP contribution in [0.4, 0.5) is 17.5 Å². The minimum Gasteiger partial charge on any atom is -0.361 e. The lowest BCUT2D eigenvalue weighted by Crippen LogP contribution is -2.31. The lowest BCUT2D eigenvalue weighted by molar-refractivity contribution is 0.568. The highest BCUT2D eigenvalue weighted by atomic mass is 35.5. The van der Waals surface area contributed by atoms with Crippen molar-refractivity contribution in [2.45, 2.75) is 24.2 Å². The average Bonchev–Trinajstić information content (AvgIpc) is 2.62. The van der Waals surface area contributed by atoms with Gasteiger partial charge in [-0.15, -0.1) is 0 Å². The summed E-state index contributed by atoms with van der Waals surface area (Å²) in [6, 6.07) is 6.31. The van der Waals surface area contributed by atoms with E-state index in [0.29, 0.717) is 17.5 Å². The smallest absolute Gasteiger partial charge is 0.263 e. The van der Waals surface area contributed by atoms with Gasteiger partial charge < -0.3 is 9.80 Å². The van der Waals surface area contributed by atoms with Crippen molar-refractivity contribution in [2.75, 3.05) is 41.7 Å². The van der Waals surface area contributed by atoms with Crippen molar-refractivity contribution < 1.29 is 8.42 Å². The highest BCUT2D eigenvalue weighted by Gasteiger charge is 2.22. The maximum atomic E-state index is 12.7. The molecule has 1 aromatic carbocycles. The van der Waals surface area contributed by atoms with Crippen LogP contribution in [-0.4, -0.2) is 45.6 Å². The quantitative estimate of drug-likeness (QED) is 0.838. The van der Waals surface area contributed by atoms with Crippen LogP contribution in [0, 0.1) is 0 Å². The molecule has 0 unspecified atom stereocenters. The molecule has 1 fully saturated rings. The zero-order valence-corrected chi connectivity index (χ0v) is 16.4. The summed E-state index contributed by atoms with van der Waals surface area (Å²) in [7, 11) is -0.210. The Morgan fingerprint density at radius 3 is 2.50 bits per heavy atom. The van der Waals surface area contributed by atoms with Gasteiger partial charge in [-0.3, -0.25) is 4.72 Å². The van der Waals surface area contributed by atoms with Gasteiger partial charge in [0.25, 0.3) is 10.0 Å². The van der Waals surface area contributed by atoms with Gasteiger partial charge in [0.1, 0.15) is 10.6 Å². The number of nitrogens with zero attached hydrogens (tertiary/aromatic N) is 4. The van der Waals surface area contributed by atoms with E-state index in [-0.39, 0.29) is 9.92 Å². The first-order valence-corrected chi connectivity index (χ1v) is 10.3. The van der Waals surface area contributed by atoms with Crippen molar-refractivity contribution in [3.8, 4) is 0 Å². The van der Waals surface area contributed by atoms with Crippen molar-refractivity contribution in [3.05, 3.63) is 35.5 Å². The summed E-state index contributed by atoms with van der Waals surface area (Å²) in [5.74, 6) is 1.13. The van der Waals surface area contributed by atoms with Gasteiger partial charge in [0.05, 0.1) is 11.2 Å². The third kappa shape index (κ3) is 4.02. The molecule has 0 spiro atoms. The molecule has 1 saturated heterocycles. The van der Waals surface area contributed by atoms with Gasteiger partial charge >= 0.3 is 0 Å². The van der Waals surface area contributed by atoms with Gasteiger partial charge in [-0.05, 0) is 31.4 Å². The second-order valence-corrected chi connectivity index (χ2v) is 8.44. The molecule has 140 valence electrons. The van der Waals surface area contributed by atoms with E-state index in [9.17, 15) is 8.42 Å². The van der Waals surface area contributed by atoms with Crippen LogP contribution < -0.4 is 14.5 Å². The van der Waals surface area contributed by atoms with Gasteiger partial charge in [-0.2, -0.15) is 4.98 Å². The normalized spacial score (nSPS) is 15.0. The Hall–Kier alpha value is -2.06. The number of anilines is 3. The fourth-order valence-electron chi connectivity index (χ4n) is 2.89. The molecular weight excluding hydrogens is 374 g/mol. The van der Waals surface area contributed by atoms with Crippen LogP contribution in [0.25, 0.3) is 0 Å². The Morgan fingerprint density at radius 1 is 1.15 bits per heavy atom. The van der Waals surface area contributed by atoms with Crippen LogP contribution in [0.15, 0.2) is 35.4 Å². The number of piperidine rings is 1. The zero-order valence-electron chi connectivity index (χ0n) is 14.8. The molecule has 2 heterocycles. The van der Waals surface area contributed by atoms with Crippen LogP contribution in [0.1, 0.15) is 19.3 Å². The first kappa shape index (κ1) is 18.7. The zero-order chi connectivity index (χ0) is 18.7. The van der Waals surface area contributed by atoms with Gasteiger partial charge in [-0.25, -0.2) is 13.4 Å². The standard InChI is InChI=1S/C17H22ClN5O2S/c1-22(2)16-14(12-19-17(20-16)23-10-6-3-7-11-23)21-26(24,25)15-9-5-4-8-13(15)18/h4-5,8-9,12,21H,3,6-7,10-11H2,1-2H3. The number of halogens is 1. The second-order valence-electron chi connectivity index (χ2n) is 6.39. The summed E-state index contributed by atoms with van der Waals surface area (Å²) in [5, 5.41) is 0.164. The minimum absolute atomic E-state index is 0.0199. The predicted molar refractivity (Wildman–Crippen MR) is 105 cm³/mol. The SMILES string of the molecule is CN(C)c1nc(N2CCCCC2)ncc1NS(=O)(=O)c1ccccc1Cl. The number of hydrogen-bond donors (Lipinski definition) is 1. The lowest BCUT2D eigenvalue weighted by Gasteiger charge is -2.28. The van der Waals surface area contributed by atoms with Gasteiger partial charge in [0, 0.05) is 27.2 Å². The summed E-state index contributed by atoms with van der Waals surface area (Å²) in [4.78, 5) is 12.9. The fourth-order valence-corrected chi connectivity index (χ4v) is 4.45. The Labute approximate surface area is 159 Å². The van der Waals surface area contributed by atoms with Crippen LogP contribution in [0.2, 0.25) is 5.02 Å². The number of nitrogens with one attached hydrogen (secondary N) is 1. The van der Waals surface area contributed by atoms with E-state index in [2.05, 4.69) is 19.6 Å². The Morgan fingerprint density at radius 2 is 1.85 bits per heavy atom. The molecule has 0 aliphatic carbocycles. The number of benzene rings is 1. The molecule has 3 rings (SSSR count). The Balaban J connectivity index is 1.93. The van der Waals surface area contributed by atoms with Crippen molar-refractivity contribution in [1.29, 1.82) is 0 Å². The topological polar surface area (TPSA) is 78.4 Å². The second kappa shape index (κ2) is 7.67. The molecule has 1 aromatic heterocycles. The van der Waals surface area contributed by atoms with E-state index in [1.165, 1.54) is 18.7 Å². The molecular formula is C17H22ClN5O2S. The van der Waals surface area contributed by atoms with E-state index in [1.807, 2.05) is 14.1 Å². The largest absolute Gasteiger partial charge is 0.361 e. The highest BCUT2D eigenvalue weighted by molar-refractivity contribution is 7.92. The molecule has 0 radical (unpaired) electrons. The van der Waals surface area contributed by atoms with Gasteiger partial charge in [0.2, 0.25) is 5.95 Å². The molecule has 0 saturated carbocycles. The van der Waals surface area contributed by atoms with Gasteiger partial charge in [0.15, 0.2) is 5.82 Å². The average molecular weight is 396 g/mol. The molecule has 7 nitrogen and oxygen atoms in total. The molecule has 0 amide bonds. The Bertz CT molecular complexity index is 882. The summed E-state index contributed by atoms with van der Waals surface area (Å²) >= 11 is 6.04. The molecule has 9 heteroatoms.